The van der Waals surface area contributed by atoms with Gasteiger partial charge in [0.2, 0.25) is 5.91 Å². The van der Waals surface area contributed by atoms with Gasteiger partial charge in [0.15, 0.2) is 0 Å². The van der Waals surface area contributed by atoms with Crippen LogP contribution in [0.4, 0.5) is 0 Å². The van der Waals surface area contributed by atoms with E-state index < -0.39 is 41.3 Å². The molecule has 0 radical (unpaired) electrons. The van der Waals surface area contributed by atoms with Crippen LogP contribution in [0.1, 0.15) is 45.7 Å². The highest BCUT2D eigenvalue weighted by atomic mass is 16.5. The Kier molecular flexibility index (Phi) is 8.27. The molecule has 2 atom stereocenters. The Balaban J connectivity index is 1.44. The Labute approximate surface area is 250 Å². The van der Waals surface area contributed by atoms with Gasteiger partial charge < -0.3 is 14.6 Å². The molecule has 0 saturated carbocycles. The molecule has 0 aliphatic carbocycles. The maximum atomic E-state index is 13.9. The van der Waals surface area contributed by atoms with E-state index in [9.17, 15) is 19.2 Å². The Morgan fingerprint density at radius 2 is 1.49 bits per heavy atom. The van der Waals surface area contributed by atoms with E-state index in [0.717, 1.165) is 27.0 Å². The molecule has 9 nitrogen and oxygen atoms in total. The van der Waals surface area contributed by atoms with E-state index in [0.29, 0.717) is 0 Å². The first-order valence-electron chi connectivity index (χ1n) is 14.0. The molecule has 0 bridgehead atoms. The van der Waals surface area contributed by atoms with Crippen molar-refractivity contribution in [1.29, 1.82) is 0 Å². The number of nitrogens with one attached hydrogen (secondary N) is 2. The molecule has 9 heteroatoms. The Hall–Kier alpha value is -5.02. The third-order valence-corrected chi connectivity index (χ3v) is 7.82. The summed E-state index contributed by atoms with van der Waals surface area (Å²) in [5.41, 5.74) is 5.57. The van der Waals surface area contributed by atoms with Gasteiger partial charge in [-0.25, -0.2) is 15.2 Å². The first kappa shape index (κ1) is 29.5. The number of aromatic nitrogens is 1. The Morgan fingerprint density at radius 1 is 0.884 bits per heavy atom. The van der Waals surface area contributed by atoms with Crippen LogP contribution in [0.2, 0.25) is 0 Å². The summed E-state index contributed by atoms with van der Waals surface area (Å²) in [7, 11) is 1.27. The van der Waals surface area contributed by atoms with Crippen LogP contribution in [-0.2, 0) is 32.7 Å². The summed E-state index contributed by atoms with van der Waals surface area (Å²) in [5.74, 6) is -2.28. The van der Waals surface area contributed by atoms with E-state index in [1.54, 1.807) is 24.3 Å². The van der Waals surface area contributed by atoms with E-state index >= 15 is 0 Å². The van der Waals surface area contributed by atoms with Crippen molar-refractivity contribution in [1.82, 2.24) is 20.3 Å². The molecule has 1 aliphatic rings. The number of para-hydroxylation sites is 1. The number of methoxy groups -OCH3 is 1. The Morgan fingerprint density at radius 3 is 2.12 bits per heavy atom. The van der Waals surface area contributed by atoms with E-state index in [1.165, 1.54) is 7.11 Å². The minimum absolute atomic E-state index is 0.154. The molecule has 3 amide bonds. The maximum Gasteiger partial charge on any atom is 0.328 e. The van der Waals surface area contributed by atoms with Crippen LogP contribution >= 0.6 is 0 Å². The topological polar surface area (TPSA) is 110 Å². The minimum Gasteiger partial charge on any atom is -0.467 e. The van der Waals surface area contributed by atoms with Crippen molar-refractivity contribution in [3.8, 4) is 0 Å². The van der Waals surface area contributed by atoms with Gasteiger partial charge in [-0.3, -0.25) is 14.4 Å². The highest BCUT2D eigenvalue weighted by molar-refractivity contribution is 6.21. The van der Waals surface area contributed by atoms with E-state index in [1.807, 2.05) is 80.7 Å². The zero-order valence-electron chi connectivity index (χ0n) is 24.4. The third kappa shape index (κ3) is 5.85. The molecule has 43 heavy (non-hydrogen) atoms. The highest BCUT2D eigenvalue weighted by Gasteiger charge is 2.38. The lowest BCUT2D eigenvalue weighted by Crippen LogP contribution is -2.57. The number of amides is 3. The summed E-state index contributed by atoms with van der Waals surface area (Å²) >= 11 is 0. The van der Waals surface area contributed by atoms with Gasteiger partial charge in [0.05, 0.1) is 23.8 Å². The van der Waals surface area contributed by atoms with Crippen LogP contribution in [0.5, 0.6) is 0 Å². The van der Waals surface area contributed by atoms with Crippen LogP contribution in [0.3, 0.4) is 0 Å². The van der Waals surface area contributed by atoms with E-state index in [2.05, 4.69) is 21.9 Å². The fourth-order valence-electron chi connectivity index (χ4n) is 5.32. The number of benzene rings is 3. The normalized spacial score (nSPS) is 14.3. The lowest BCUT2D eigenvalue weighted by atomic mass is 10.0. The molecule has 5 rings (SSSR count). The first-order valence-corrected chi connectivity index (χ1v) is 14.0. The molecule has 4 aromatic rings. The number of nitrogens with zero attached hydrogens (tertiary/aromatic N) is 2. The lowest BCUT2D eigenvalue weighted by Gasteiger charge is -2.26. The number of carbonyl (C=O) groups is 4. The first-order chi connectivity index (χ1) is 20.6. The van der Waals surface area contributed by atoms with E-state index in [4.69, 9.17) is 4.74 Å². The van der Waals surface area contributed by atoms with Crippen LogP contribution in [0, 0.1) is 0 Å². The van der Waals surface area contributed by atoms with Crippen molar-refractivity contribution in [3.63, 3.8) is 0 Å². The molecule has 3 aromatic carbocycles. The SMILES string of the molecule is C=CC(C)(C)n1cc(C[C@H](NC(=O)[C@H](Cc2ccccc2)NN2C(=O)c3ccccc3C2=O)C(=O)OC)c2ccccc21. The van der Waals surface area contributed by atoms with E-state index in [-0.39, 0.29) is 24.0 Å². The van der Waals surface area contributed by atoms with Gasteiger partial charge in [0.1, 0.15) is 12.1 Å². The van der Waals surface area contributed by atoms with Gasteiger partial charge >= 0.3 is 5.97 Å². The molecule has 0 fully saturated rings. The van der Waals surface area contributed by atoms with Gasteiger partial charge in [0, 0.05) is 23.5 Å². The molecule has 1 aromatic heterocycles. The number of esters is 1. The molecular formula is C34H34N4O5. The van der Waals surface area contributed by atoms with Crippen LogP contribution in [0.25, 0.3) is 10.9 Å². The fourth-order valence-corrected chi connectivity index (χ4v) is 5.32. The van der Waals surface area contributed by atoms with Crippen molar-refractivity contribution in [2.45, 2.75) is 44.3 Å². The summed E-state index contributed by atoms with van der Waals surface area (Å²) in [5, 5.41) is 4.64. The number of hydrogen-bond donors (Lipinski definition) is 2. The predicted octanol–water partition coefficient (Wildman–Crippen LogP) is 4.17. The summed E-state index contributed by atoms with van der Waals surface area (Å²) in [6.07, 6.45) is 4.12. The predicted molar refractivity (Wildman–Crippen MR) is 163 cm³/mol. The molecule has 0 unspecified atom stereocenters. The van der Waals surface area contributed by atoms with Crippen LogP contribution in [-0.4, -0.2) is 52.5 Å². The summed E-state index contributed by atoms with van der Waals surface area (Å²) in [6.45, 7) is 8.05. The van der Waals surface area contributed by atoms with Gasteiger partial charge in [-0.15, -0.1) is 6.58 Å². The second kappa shape index (κ2) is 12.1. The van der Waals surface area contributed by atoms with Gasteiger partial charge in [-0.2, -0.15) is 0 Å². The average Bonchev–Trinajstić information content (AvgIpc) is 3.51. The molecule has 2 N–H and O–H groups in total. The number of hydrazine groups is 1. The van der Waals surface area contributed by atoms with Crippen molar-refractivity contribution in [2.75, 3.05) is 7.11 Å². The fraction of sp³-hybridized carbons (Fsp3) is 0.235. The number of carbonyl (C=O) groups excluding carboxylic acids is 4. The minimum atomic E-state index is -1.06. The van der Waals surface area contributed by atoms with Crippen molar-refractivity contribution >= 4 is 34.6 Å². The second-order valence-electron chi connectivity index (χ2n) is 11.1. The van der Waals surface area contributed by atoms with Crippen molar-refractivity contribution in [2.24, 2.45) is 0 Å². The van der Waals surface area contributed by atoms with Crippen LogP contribution in [0.15, 0.2) is 97.7 Å². The number of allylic oxidation sites excluding steroid dienone is 1. The third-order valence-electron chi connectivity index (χ3n) is 7.82. The van der Waals surface area contributed by atoms with Crippen molar-refractivity contribution in [3.05, 3.63) is 120 Å². The number of fused-ring (bicyclic) bond motifs is 2. The highest BCUT2D eigenvalue weighted by Crippen LogP contribution is 2.29. The summed E-state index contributed by atoms with van der Waals surface area (Å²) in [6, 6.07) is 21.5. The zero-order valence-corrected chi connectivity index (χ0v) is 24.4. The number of ether oxygens (including phenoxy) is 1. The molecule has 220 valence electrons. The lowest BCUT2D eigenvalue weighted by molar-refractivity contribution is -0.145. The largest absolute Gasteiger partial charge is 0.467 e. The Bertz CT molecular complexity index is 1670. The quantitative estimate of drug-likeness (QED) is 0.157. The van der Waals surface area contributed by atoms with Crippen LogP contribution < -0.4 is 10.7 Å². The zero-order chi connectivity index (χ0) is 30.7. The molecule has 1 aliphatic heterocycles. The van der Waals surface area contributed by atoms with Crippen molar-refractivity contribution < 1.29 is 23.9 Å². The maximum absolute atomic E-state index is 13.9. The van der Waals surface area contributed by atoms with Gasteiger partial charge in [0.25, 0.3) is 11.8 Å². The second-order valence-corrected chi connectivity index (χ2v) is 11.1. The molecule has 0 spiro atoms. The monoisotopic (exact) mass is 578 g/mol. The number of imide groups is 1. The molecule has 0 saturated heterocycles. The molecular weight excluding hydrogens is 544 g/mol. The van der Waals surface area contributed by atoms with Gasteiger partial charge in [-0.05, 0) is 49.6 Å². The average molecular weight is 579 g/mol. The van der Waals surface area contributed by atoms with Gasteiger partial charge in [-0.1, -0.05) is 66.7 Å². The molecule has 2 heterocycles. The summed E-state index contributed by atoms with van der Waals surface area (Å²) in [4.78, 5) is 53.1. The summed E-state index contributed by atoms with van der Waals surface area (Å²) < 4.78 is 7.17. The number of rotatable bonds is 11. The standard InChI is InChI=1S/C34H34N4O5/c1-5-34(2,3)37-21-23(24-15-11-12-18-29(24)37)20-28(33(42)43-4)35-30(39)27(19-22-13-7-6-8-14-22)36-38-31(40)25-16-9-10-17-26(25)32(38)41/h5-18,21,27-28,36H,1,19-20H2,2-4H3,(H,35,39)/t27-,28-/m0/s1. The smallest absolute Gasteiger partial charge is 0.328 e. The number of hydrogen-bond acceptors (Lipinski definition) is 6.